The Morgan fingerprint density at radius 3 is 2.06 bits per heavy atom. The number of rotatable bonds is 6. The second kappa shape index (κ2) is 9.16. The third-order valence-electron chi connectivity index (χ3n) is 1.81. The highest BCUT2D eigenvalue weighted by molar-refractivity contribution is 5.97. The van der Waals surface area contributed by atoms with Gasteiger partial charge in [-0.05, 0) is 26.0 Å². The van der Waals surface area contributed by atoms with E-state index in [9.17, 15) is 4.79 Å². The van der Waals surface area contributed by atoms with Gasteiger partial charge in [-0.1, -0.05) is 49.6 Å². The Balaban J connectivity index is 4.92. The minimum atomic E-state index is -0.172. The lowest BCUT2D eigenvalue weighted by molar-refractivity contribution is -0.116. The van der Waals surface area contributed by atoms with E-state index in [1.807, 2.05) is 26.0 Å². The molecule has 0 heterocycles. The largest absolute Gasteiger partial charge is 0.322 e. The monoisotopic (exact) mass is 229 g/mol. The summed E-state index contributed by atoms with van der Waals surface area (Å²) in [4.78, 5) is 11.9. The predicted octanol–water partition coefficient (Wildman–Crippen LogP) is 3.44. The Morgan fingerprint density at radius 1 is 1.00 bits per heavy atom. The molecule has 0 rings (SSSR count). The summed E-state index contributed by atoms with van der Waals surface area (Å²) >= 11 is 0. The van der Waals surface area contributed by atoms with E-state index in [1.165, 1.54) is 0 Å². The Morgan fingerprint density at radius 2 is 1.59 bits per heavy atom. The van der Waals surface area contributed by atoms with E-state index in [0.717, 1.165) is 0 Å². The fraction of sp³-hybridized carbons (Fsp3) is 0.133. The first-order chi connectivity index (χ1) is 8.19. The van der Waals surface area contributed by atoms with Crippen molar-refractivity contribution in [2.45, 2.75) is 13.8 Å². The van der Waals surface area contributed by atoms with Crippen molar-refractivity contribution in [3.8, 4) is 0 Å². The minimum Gasteiger partial charge on any atom is -0.322 e. The molecule has 0 aromatic heterocycles. The average molecular weight is 229 g/mol. The van der Waals surface area contributed by atoms with E-state index in [2.05, 4.69) is 18.5 Å². The molecule has 0 aromatic rings. The molecule has 1 N–H and O–H groups in total. The van der Waals surface area contributed by atoms with Crippen molar-refractivity contribution in [2.75, 3.05) is 0 Å². The van der Waals surface area contributed by atoms with E-state index in [4.69, 9.17) is 0 Å². The lowest BCUT2D eigenvalue weighted by Gasteiger charge is -2.05. The summed E-state index contributed by atoms with van der Waals surface area (Å²) < 4.78 is 0. The van der Waals surface area contributed by atoms with E-state index in [0.29, 0.717) is 11.3 Å². The zero-order valence-corrected chi connectivity index (χ0v) is 10.4. The molecule has 0 saturated heterocycles. The molecule has 0 aliphatic carbocycles. The number of hydrogen-bond acceptors (Lipinski definition) is 1. The van der Waals surface area contributed by atoms with Crippen LogP contribution in [0.5, 0.6) is 0 Å². The van der Waals surface area contributed by atoms with Crippen molar-refractivity contribution in [1.82, 2.24) is 5.32 Å². The van der Waals surface area contributed by atoms with Gasteiger partial charge in [0.15, 0.2) is 0 Å². The smallest absolute Gasteiger partial charge is 0.255 e. The molecule has 0 radical (unpaired) electrons. The Bertz CT molecular complexity index is 395. The first kappa shape index (κ1) is 14.9. The third-order valence-corrected chi connectivity index (χ3v) is 1.81. The first-order valence-corrected chi connectivity index (χ1v) is 5.41. The summed E-state index contributed by atoms with van der Waals surface area (Å²) in [6.45, 7) is 10.9. The maximum absolute atomic E-state index is 11.9. The molecule has 0 fully saturated rings. The van der Waals surface area contributed by atoms with Crippen LogP contribution in [0.15, 0.2) is 73.0 Å². The molecule has 0 bridgehead atoms. The summed E-state index contributed by atoms with van der Waals surface area (Å²) in [5, 5.41) is 2.79. The zero-order chi connectivity index (χ0) is 13.1. The van der Waals surface area contributed by atoms with Crippen molar-refractivity contribution < 1.29 is 4.79 Å². The van der Waals surface area contributed by atoms with Crippen LogP contribution in [-0.4, -0.2) is 5.91 Å². The van der Waals surface area contributed by atoms with Gasteiger partial charge >= 0.3 is 0 Å². The molecule has 17 heavy (non-hydrogen) atoms. The number of carbonyl (C=O) groups excluding carboxylic acids is 1. The summed E-state index contributed by atoms with van der Waals surface area (Å²) in [6, 6.07) is 0. The summed E-state index contributed by atoms with van der Waals surface area (Å²) in [7, 11) is 0. The van der Waals surface area contributed by atoms with Crippen molar-refractivity contribution in [1.29, 1.82) is 0 Å². The van der Waals surface area contributed by atoms with Crippen molar-refractivity contribution in [3.63, 3.8) is 0 Å². The Hall–Kier alpha value is -2.09. The van der Waals surface area contributed by atoms with Crippen LogP contribution in [0.3, 0.4) is 0 Å². The summed E-state index contributed by atoms with van der Waals surface area (Å²) in [5.41, 5.74) is 1.26. The highest BCUT2D eigenvalue weighted by Crippen LogP contribution is 2.01. The maximum Gasteiger partial charge on any atom is 0.255 e. The zero-order valence-electron chi connectivity index (χ0n) is 10.4. The molecule has 90 valence electrons. The van der Waals surface area contributed by atoms with Crippen molar-refractivity contribution in [2.24, 2.45) is 0 Å². The SMILES string of the molecule is C=C/C=C(\C=C/C)NC(=O)C(/C=C\C)=C/C=C. The van der Waals surface area contributed by atoms with Crippen molar-refractivity contribution >= 4 is 5.91 Å². The van der Waals surface area contributed by atoms with Crippen LogP contribution in [0, 0.1) is 0 Å². The molecule has 0 saturated carbocycles. The van der Waals surface area contributed by atoms with Gasteiger partial charge in [0, 0.05) is 11.3 Å². The van der Waals surface area contributed by atoms with Gasteiger partial charge in [0.1, 0.15) is 0 Å². The normalized spacial score (nSPS) is 13.1. The van der Waals surface area contributed by atoms with Crippen molar-refractivity contribution in [3.05, 3.63) is 73.0 Å². The van der Waals surface area contributed by atoms with Gasteiger partial charge in [-0.25, -0.2) is 0 Å². The Kier molecular flexibility index (Phi) is 8.03. The molecule has 0 aromatic carbocycles. The molecule has 2 heteroatoms. The van der Waals surface area contributed by atoms with E-state index < -0.39 is 0 Å². The summed E-state index contributed by atoms with van der Waals surface area (Å²) in [6.07, 6.45) is 13.8. The van der Waals surface area contributed by atoms with Crippen LogP contribution in [0.25, 0.3) is 0 Å². The molecule has 0 atom stereocenters. The molecular formula is C15H19NO. The van der Waals surface area contributed by atoms with E-state index >= 15 is 0 Å². The van der Waals surface area contributed by atoms with Crippen LogP contribution in [0.4, 0.5) is 0 Å². The van der Waals surface area contributed by atoms with Crippen LogP contribution in [0.1, 0.15) is 13.8 Å². The minimum absolute atomic E-state index is 0.172. The fourth-order valence-corrected chi connectivity index (χ4v) is 1.16. The lowest BCUT2D eigenvalue weighted by Crippen LogP contribution is -2.22. The van der Waals surface area contributed by atoms with Gasteiger partial charge in [-0.15, -0.1) is 0 Å². The molecule has 0 unspecified atom stereocenters. The maximum atomic E-state index is 11.9. The average Bonchev–Trinajstić information content (AvgIpc) is 2.29. The third kappa shape index (κ3) is 6.15. The predicted molar refractivity (Wildman–Crippen MR) is 74.3 cm³/mol. The molecular weight excluding hydrogens is 210 g/mol. The lowest BCUT2D eigenvalue weighted by atomic mass is 10.2. The molecule has 0 aliphatic rings. The topological polar surface area (TPSA) is 29.1 Å². The number of nitrogens with one attached hydrogen (secondary N) is 1. The highest BCUT2D eigenvalue weighted by Gasteiger charge is 2.05. The van der Waals surface area contributed by atoms with Crippen LogP contribution in [0.2, 0.25) is 0 Å². The molecule has 0 spiro atoms. The summed E-state index contributed by atoms with van der Waals surface area (Å²) in [5.74, 6) is -0.172. The van der Waals surface area contributed by atoms with Crippen LogP contribution in [-0.2, 0) is 4.79 Å². The van der Waals surface area contributed by atoms with E-state index in [-0.39, 0.29) is 5.91 Å². The number of hydrogen-bond donors (Lipinski definition) is 1. The molecule has 0 aliphatic heterocycles. The van der Waals surface area contributed by atoms with Crippen LogP contribution < -0.4 is 5.32 Å². The molecule has 1 amide bonds. The standard InChI is InChI=1S/C15H19NO/c1-5-9-13(10-6-2)15(17)16-14(11-7-3)12-8-4/h5-12H,1,3H2,2,4H3,(H,16,17)/b10-6-,12-8-,13-9+,14-11+. The van der Waals surface area contributed by atoms with Crippen LogP contribution >= 0.6 is 0 Å². The second-order valence-electron chi connectivity index (χ2n) is 3.17. The number of amides is 1. The first-order valence-electron chi connectivity index (χ1n) is 5.41. The number of allylic oxidation sites excluding steroid dienone is 7. The highest BCUT2D eigenvalue weighted by atomic mass is 16.1. The second-order valence-corrected chi connectivity index (χ2v) is 3.17. The Labute approximate surface area is 103 Å². The van der Waals surface area contributed by atoms with Gasteiger partial charge in [0.25, 0.3) is 5.91 Å². The van der Waals surface area contributed by atoms with Gasteiger partial charge in [0.2, 0.25) is 0 Å². The van der Waals surface area contributed by atoms with E-state index in [1.54, 1.807) is 36.5 Å². The quantitative estimate of drug-likeness (QED) is 0.548. The number of carbonyl (C=O) groups is 1. The fourth-order valence-electron chi connectivity index (χ4n) is 1.16. The molecule has 2 nitrogen and oxygen atoms in total. The van der Waals surface area contributed by atoms with Gasteiger partial charge in [0.05, 0.1) is 0 Å². The van der Waals surface area contributed by atoms with Gasteiger partial charge in [-0.2, -0.15) is 0 Å². The van der Waals surface area contributed by atoms with Gasteiger partial charge < -0.3 is 5.32 Å². The van der Waals surface area contributed by atoms with Gasteiger partial charge in [-0.3, -0.25) is 4.79 Å².